The van der Waals surface area contributed by atoms with Crippen LogP contribution in [0.25, 0.3) is 0 Å². The Morgan fingerprint density at radius 3 is 2.75 bits per heavy atom. The second-order valence-electron chi connectivity index (χ2n) is 1.49. The molecule has 0 saturated heterocycles. The average molecular weight is 113 g/mol. The third kappa shape index (κ3) is 0.710. The first-order chi connectivity index (χ1) is 3.84. The lowest BCUT2D eigenvalue weighted by Gasteiger charge is -1.85. The molecule has 0 unspecified atom stereocenters. The van der Waals surface area contributed by atoms with E-state index in [0.717, 1.165) is 6.20 Å². The Balaban J connectivity index is 2.66. The van der Waals surface area contributed by atoms with E-state index in [4.69, 9.17) is 0 Å². The highest BCUT2D eigenvalue weighted by Gasteiger charge is 2.08. The number of allylic oxidation sites excluding steroid dienone is 1. The van der Waals surface area contributed by atoms with E-state index in [1.54, 1.807) is 0 Å². The molecule has 0 N–H and O–H groups in total. The minimum atomic E-state index is -0.299. The zero-order chi connectivity index (χ0) is 5.98. The van der Waals surface area contributed by atoms with Crippen molar-refractivity contribution in [1.29, 1.82) is 0 Å². The molecule has 1 heterocycles. The minimum Gasteiger partial charge on any atom is -0.203 e. The van der Waals surface area contributed by atoms with E-state index >= 15 is 0 Å². The van der Waals surface area contributed by atoms with Crippen LogP contribution in [-0.4, -0.2) is 5.71 Å². The van der Waals surface area contributed by atoms with Gasteiger partial charge in [-0.2, -0.15) is 10.5 Å². The predicted octanol–water partition coefficient (Wildman–Crippen LogP) is 1.18. The Bertz CT molecular complexity index is 149. The van der Waals surface area contributed by atoms with Crippen LogP contribution in [-0.2, 0) is 0 Å². The molecule has 0 aromatic heterocycles. The topological polar surface area (TPSA) is 26.5 Å². The van der Waals surface area contributed by atoms with Crippen molar-refractivity contribution in [3.05, 3.63) is 12.0 Å². The van der Waals surface area contributed by atoms with Gasteiger partial charge in [-0.15, -0.1) is 0 Å². The molecule has 0 spiro atoms. The second kappa shape index (κ2) is 1.94. The van der Waals surface area contributed by atoms with Gasteiger partial charge in [0.05, 0.1) is 6.20 Å². The Morgan fingerprint density at radius 1 is 1.75 bits per heavy atom. The summed E-state index contributed by atoms with van der Waals surface area (Å²) in [5, 5.41) is 3.51. The molecule has 0 aliphatic carbocycles. The molecule has 0 aromatic carbocycles. The van der Waals surface area contributed by atoms with E-state index in [0.29, 0.717) is 12.1 Å². The zero-order valence-corrected chi connectivity index (χ0v) is 4.56. The van der Waals surface area contributed by atoms with Crippen LogP contribution in [0.15, 0.2) is 17.1 Å². The third-order valence-electron chi connectivity index (χ3n) is 0.960. The number of hydrogen-bond donors (Lipinski definition) is 0. The predicted molar refractivity (Wildman–Crippen MR) is 29.1 cm³/mol. The summed E-state index contributed by atoms with van der Waals surface area (Å²) in [6.45, 7) is 1.84. The lowest BCUT2D eigenvalue weighted by Crippen LogP contribution is -1.90. The molecule has 0 amide bonds. The summed E-state index contributed by atoms with van der Waals surface area (Å²) in [6.07, 6.45) is 1.74. The molecule has 1 radical (unpaired) electrons. The molecular formula is C5H6FN2. The molecule has 43 valence electrons. The number of rotatable bonds is 1. The first-order valence-electron chi connectivity index (χ1n) is 2.47. The van der Waals surface area contributed by atoms with Crippen LogP contribution < -0.4 is 5.43 Å². The average Bonchev–Trinajstić information content (AvgIpc) is 2.14. The van der Waals surface area contributed by atoms with Crippen molar-refractivity contribution in [3.63, 3.8) is 0 Å². The van der Waals surface area contributed by atoms with Gasteiger partial charge in [-0.25, -0.2) is 4.39 Å². The zero-order valence-electron chi connectivity index (χ0n) is 4.56. The van der Waals surface area contributed by atoms with Crippen molar-refractivity contribution in [3.8, 4) is 0 Å². The van der Waals surface area contributed by atoms with E-state index in [2.05, 4.69) is 10.5 Å². The Labute approximate surface area is 47.1 Å². The Kier molecular flexibility index (Phi) is 1.28. The van der Waals surface area contributed by atoms with E-state index in [1.807, 2.05) is 6.92 Å². The summed E-state index contributed by atoms with van der Waals surface area (Å²) < 4.78 is 12.2. The second-order valence-corrected chi connectivity index (χ2v) is 1.49. The normalized spacial score (nSPS) is 17.2. The molecular weight excluding hydrogens is 107 g/mol. The molecule has 0 bridgehead atoms. The summed E-state index contributed by atoms with van der Waals surface area (Å²) in [6, 6.07) is 0. The first kappa shape index (κ1) is 5.28. The van der Waals surface area contributed by atoms with Gasteiger partial charge in [0.25, 0.3) is 0 Å². The maximum Gasteiger partial charge on any atom is 0.166 e. The van der Waals surface area contributed by atoms with Gasteiger partial charge in [-0.05, 0) is 6.42 Å². The van der Waals surface area contributed by atoms with Crippen LogP contribution in [0.3, 0.4) is 0 Å². The molecule has 3 heteroatoms. The fourth-order valence-electron chi connectivity index (χ4n) is 0.511. The third-order valence-corrected chi connectivity index (χ3v) is 0.960. The largest absolute Gasteiger partial charge is 0.203 e. The number of nitrogens with zero attached hydrogens (tertiary/aromatic N) is 2. The van der Waals surface area contributed by atoms with E-state index in [1.165, 1.54) is 0 Å². The highest BCUT2D eigenvalue weighted by atomic mass is 19.1. The maximum absolute atomic E-state index is 12.2. The van der Waals surface area contributed by atoms with Gasteiger partial charge in [-0.3, -0.25) is 0 Å². The first-order valence-corrected chi connectivity index (χ1v) is 2.47. The smallest absolute Gasteiger partial charge is 0.166 e. The van der Waals surface area contributed by atoms with Crippen LogP contribution in [0.4, 0.5) is 4.39 Å². The Morgan fingerprint density at radius 2 is 2.50 bits per heavy atom. The van der Waals surface area contributed by atoms with Crippen molar-refractivity contribution in [2.24, 2.45) is 5.10 Å². The maximum atomic E-state index is 12.2. The lowest BCUT2D eigenvalue weighted by molar-refractivity contribution is 0.677. The summed E-state index contributed by atoms with van der Waals surface area (Å²) in [7, 11) is 0. The van der Waals surface area contributed by atoms with Gasteiger partial charge in [0.15, 0.2) is 5.83 Å². The monoisotopic (exact) mass is 113 g/mol. The molecule has 1 aliphatic rings. The van der Waals surface area contributed by atoms with E-state index in [9.17, 15) is 4.39 Å². The molecule has 1 aliphatic heterocycles. The SMILES string of the molecule is CCC1=N[N]C=C1F. The van der Waals surface area contributed by atoms with Gasteiger partial charge >= 0.3 is 0 Å². The van der Waals surface area contributed by atoms with Crippen LogP contribution in [0.1, 0.15) is 13.3 Å². The van der Waals surface area contributed by atoms with E-state index in [-0.39, 0.29) is 5.83 Å². The van der Waals surface area contributed by atoms with Crippen LogP contribution in [0.2, 0.25) is 0 Å². The van der Waals surface area contributed by atoms with Crippen molar-refractivity contribution >= 4 is 5.71 Å². The minimum absolute atomic E-state index is 0.299. The lowest BCUT2D eigenvalue weighted by atomic mass is 10.3. The van der Waals surface area contributed by atoms with Gasteiger partial charge in [0.2, 0.25) is 0 Å². The number of hydrogen-bond acceptors (Lipinski definition) is 1. The van der Waals surface area contributed by atoms with Gasteiger partial charge in [-0.1, -0.05) is 6.92 Å². The van der Waals surface area contributed by atoms with Crippen molar-refractivity contribution < 1.29 is 4.39 Å². The van der Waals surface area contributed by atoms with Crippen LogP contribution >= 0.6 is 0 Å². The summed E-state index contributed by atoms with van der Waals surface area (Å²) in [4.78, 5) is 0. The van der Waals surface area contributed by atoms with Crippen LogP contribution in [0.5, 0.6) is 0 Å². The van der Waals surface area contributed by atoms with Gasteiger partial charge in [0, 0.05) is 0 Å². The van der Waals surface area contributed by atoms with Gasteiger partial charge in [0.1, 0.15) is 5.71 Å². The molecule has 1 rings (SSSR count). The van der Waals surface area contributed by atoms with Crippen molar-refractivity contribution in [2.75, 3.05) is 0 Å². The highest BCUT2D eigenvalue weighted by molar-refractivity contribution is 5.98. The molecule has 2 nitrogen and oxygen atoms in total. The molecule has 0 atom stereocenters. The fraction of sp³-hybridized carbons (Fsp3) is 0.400. The van der Waals surface area contributed by atoms with E-state index < -0.39 is 0 Å². The summed E-state index contributed by atoms with van der Waals surface area (Å²) in [5.74, 6) is -0.299. The summed E-state index contributed by atoms with van der Waals surface area (Å²) in [5.41, 5.74) is 3.82. The van der Waals surface area contributed by atoms with Crippen LogP contribution in [0, 0.1) is 0 Å². The highest BCUT2D eigenvalue weighted by Crippen LogP contribution is 2.07. The van der Waals surface area contributed by atoms with Gasteiger partial charge < -0.3 is 0 Å². The molecule has 8 heavy (non-hydrogen) atoms. The standard InChI is InChI=1S/C5H6FN2/c1-2-5-4(6)3-7-8-5/h3H,2H2,1H3. The molecule has 0 saturated carbocycles. The molecule has 0 aromatic rings. The van der Waals surface area contributed by atoms with Crippen molar-refractivity contribution in [2.45, 2.75) is 13.3 Å². The summed E-state index contributed by atoms with van der Waals surface area (Å²) >= 11 is 0. The number of halogens is 1. The van der Waals surface area contributed by atoms with Crippen molar-refractivity contribution in [1.82, 2.24) is 5.43 Å². The molecule has 0 fully saturated rings. The quantitative estimate of drug-likeness (QED) is 0.488. The Hall–Kier alpha value is -0.860. The fourth-order valence-corrected chi connectivity index (χ4v) is 0.511.